The van der Waals surface area contributed by atoms with E-state index in [1.54, 1.807) is 10.8 Å². The van der Waals surface area contributed by atoms with E-state index in [9.17, 15) is 0 Å². The third kappa shape index (κ3) is 3.56. The number of allylic oxidation sites excluding steroid dienone is 4. The Bertz CT molecular complexity index is 982. The molecule has 0 aromatic heterocycles. The van der Waals surface area contributed by atoms with E-state index in [0.717, 1.165) is 12.8 Å². The van der Waals surface area contributed by atoms with Gasteiger partial charge in [-0.2, -0.15) is 0 Å². The van der Waals surface area contributed by atoms with Gasteiger partial charge in [0.15, 0.2) is 8.07 Å². The Morgan fingerprint density at radius 3 is 1.79 bits per heavy atom. The van der Waals surface area contributed by atoms with Gasteiger partial charge in [0.1, 0.15) is 0 Å². The van der Waals surface area contributed by atoms with Crippen molar-refractivity contribution in [3.8, 4) is 0 Å². The van der Waals surface area contributed by atoms with E-state index < -0.39 is 8.07 Å². The van der Waals surface area contributed by atoms with Crippen LogP contribution in [-0.4, -0.2) is 8.07 Å². The quantitative estimate of drug-likeness (QED) is 0.389. The Balaban J connectivity index is 2.14. The number of aryl methyl sites for hydroxylation is 2. The van der Waals surface area contributed by atoms with Crippen molar-refractivity contribution >= 4 is 23.6 Å². The Morgan fingerprint density at radius 2 is 1.28 bits per heavy atom. The lowest BCUT2D eigenvalue weighted by Gasteiger charge is -2.37. The van der Waals surface area contributed by atoms with Crippen LogP contribution in [0.15, 0.2) is 102 Å². The van der Waals surface area contributed by atoms with Gasteiger partial charge in [-0.15, -0.1) is 0 Å². The SMILES string of the molecule is CCCC1=C([Si](c2ccccc2)(c2ccccc2)c2cc(C)cc(C)c2)CC=C1. The van der Waals surface area contributed by atoms with Gasteiger partial charge in [0, 0.05) is 0 Å². The fourth-order valence-electron chi connectivity index (χ4n) is 5.04. The first-order valence-electron chi connectivity index (χ1n) is 10.7. The molecule has 3 aromatic rings. The first kappa shape index (κ1) is 19.7. The van der Waals surface area contributed by atoms with Crippen molar-refractivity contribution in [2.45, 2.75) is 40.0 Å². The highest BCUT2D eigenvalue weighted by Gasteiger charge is 2.44. The number of hydrogen-bond donors (Lipinski definition) is 0. The third-order valence-corrected chi connectivity index (χ3v) is 11.1. The molecule has 0 fully saturated rings. The summed E-state index contributed by atoms with van der Waals surface area (Å²) in [5.74, 6) is 0. The fourth-order valence-corrected chi connectivity index (χ4v) is 10.5. The topological polar surface area (TPSA) is 0 Å². The molecule has 0 N–H and O–H groups in total. The lowest BCUT2D eigenvalue weighted by molar-refractivity contribution is 0.924. The molecule has 1 aliphatic rings. The lowest BCUT2D eigenvalue weighted by atomic mass is 10.1. The largest absolute Gasteiger partial charge is 0.176 e. The number of rotatable bonds is 6. The maximum atomic E-state index is 2.45. The Hall–Kier alpha value is -2.64. The standard InChI is InChI=1S/C28H30Si/c1-4-12-24-13-11-18-28(24)29(25-14-7-5-8-15-25,26-16-9-6-10-17-26)27-20-22(2)19-23(3)21-27/h5-11,13-17,19-21H,4,12,18H2,1-3H3. The van der Waals surface area contributed by atoms with Crippen molar-refractivity contribution in [2.75, 3.05) is 0 Å². The molecule has 146 valence electrons. The van der Waals surface area contributed by atoms with Gasteiger partial charge in [0.2, 0.25) is 0 Å². The second-order valence-corrected chi connectivity index (χ2v) is 12.1. The zero-order chi connectivity index (χ0) is 20.3. The molecule has 29 heavy (non-hydrogen) atoms. The molecule has 0 saturated carbocycles. The van der Waals surface area contributed by atoms with Crippen LogP contribution in [0.1, 0.15) is 37.3 Å². The van der Waals surface area contributed by atoms with Crippen LogP contribution < -0.4 is 15.6 Å². The molecule has 0 spiro atoms. The van der Waals surface area contributed by atoms with E-state index >= 15 is 0 Å². The summed E-state index contributed by atoms with van der Waals surface area (Å²) in [5.41, 5.74) is 4.27. The molecule has 0 unspecified atom stereocenters. The summed E-state index contributed by atoms with van der Waals surface area (Å²) >= 11 is 0. The van der Waals surface area contributed by atoms with Crippen LogP contribution in [0.5, 0.6) is 0 Å². The first-order valence-corrected chi connectivity index (χ1v) is 12.7. The van der Waals surface area contributed by atoms with Gasteiger partial charge in [-0.05, 0) is 42.2 Å². The maximum Gasteiger partial charge on any atom is 0.176 e. The van der Waals surface area contributed by atoms with E-state index in [0.29, 0.717) is 0 Å². The van der Waals surface area contributed by atoms with Gasteiger partial charge in [0.05, 0.1) is 0 Å². The molecule has 0 aliphatic heterocycles. The van der Waals surface area contributed by atoms with Gasteiger partial charge in [-0.1, -0.05) is 126 Å². The van der Waals surface area contributed by atoms with E-state index in [2.05, 4.69) is 112 Å². The normalized spacial score (nSPS) is 13.9. The van der Waals surface area contributed by atoms with Crippen molar-refractivity contribution < 1.29 is 0 Å². The van der Waals surface area contributed by atoms with Gasteiger partial charge < -0.3 is 0 Å². The minimum Gasteiger partial charge on any atom is -0.0805 e. The highest BCUT2D eigenvalue weighted by atomic mass is 28.3. The molecule has 4 rings (SSSR count). The highest BCUT2D eigenvalue weighted by Crippen LogP contribution is 2.31. The number of hydrogen-bond acceptors (Lipinski definition) is 0. The first-order chi connectivity index (χ1) is 14.2. The summed E-state index contributed by atoms with van der Waals surface area (Å²) in [7, 11) is -2.34. The molecular formula is C28H30Si. The molecular weight excluding hydrogens is 364 g/mol. The van der Waals surface area contributed by atoms with E-state index in [4.69, 9.17) is 0 Å². The van der Waals surface area contributed by atoms with Crippen LogP contribution in [0, 0.1) is 13.8 Å². The maximum absolute atomic E-state index is 2.45. The summed E-state index contributed by atoms with van der Waals surface area (Å²) in [5, 5.41) is 6.16. The van der Waals surface area contributed by atoms with Gasteiger partial charge in [-0.25, -0.2) is 0 Å². The third-order valence-electron chi connectivity index (χ3n) is 6.07. The van der Waals surface area contributed by atoms with Crippen molar-refractivity contribution in [3.63, 3.8) is 0 Å². The van der Waals surface area contributed by atoms with Crippen LogP contribution >= 0.6 is 0 Å². The Morgan fingerprint density at radius 1 is 0.724 bits per heavy atom. The molecule has 3 aromatic carbocycles. The average Bonchev–Trinajstić information content (AvgIpc) is 3.19. The predicted octanol–water partition coefficient (Wildman–Crippen LogP) is 5.37. The van der Waals surface area contributed by atoms with Crippen LogP contribution in [0.3, 0.4) is 0 Å². The fraction of sp³-hybridized carbons (Fsp3) is 0.214. The molecule has 0 atom stereocenters. The highest BCUT2D eigenvalue weighted by molar-refractivity contribution is 7.16. The van der Waals surface area contributed by atoms with Crippen molar-refractivity contribution in [1.82, 2.24) is 0 Å². The summed E-state index contributed by atoms with van der Waals surface area (Å²) in [6.45, 7) is 6.77. The Kier molecular flexibility index (Phi) is 5.69. The second kappa shape index (κ2) is 8.38. The van der Waals surface area contributed by atoms with Crippen LogP contribution in [0.25, 0.3) is 0 Å². The van der Waals surface area contributed by atoms with Crippen LogP contribution in [0.2, 0.25) is 0 Å². The minimum atomic E-state index is -2.34. The van der Waals surface area contributed by atoms with E-state index in [1.807, 2.05) is 0 Å². The van der Waals surface area contributed by atoms with Crippen molar-refractivity contribution in [3.05, 3.63) is 113 Å². The van der Waals surface area contributed by atoms with Crippen molar-refractivity contribution in [1.29, 1.82) is 0 Å². The average molecular weight is 395 g/mol. The molecule has 0 saturated heterocycles. The molecule has 1 heteroatoms. The summed E-state index contributed by atoms with van der Waals surface area (Å²) in [6, 6.07) is 29.8. The summed E-state index contributed by atoms with van der Waals surface area (Å²) < 4.78 is 0. The smallest absolute Gasteiger partial charge is 0.0805 e. The molecule has 0 heterocycles. The van der Waals surface area contributed by atoms with E-state index in [1.165, 1.54) is 33.1 Å². The molecule has 0 radical (unpaired) electrons. The molecule has 0 amide bonds. The molecule has 0 nitrogen and oxygen atoms in total. The summed E-state index contributed by atoms with van der Waals surface area (Å²) in [6.07, 6.45) is 8.19. The molecule has 0 bridgehead atoms. The van der Waals surface area contributed by atoms with Crippen LogP contribution in [-0.2, 0) is 0 Å². The van der Waals surface area contributed by atoms with E-state index in [-0.39, 0.29) is 0 Å². The van der Waals surface area contributed by atoms with Gasteiger partial charge in [-0.3, -0.25) is 0 Å². The van der Waals surface area contributed by atoms with Gasteiger partial charge in [0.25, 0.3) is 0 Å². The van der Waals surface area contributed by atoms with Crippen LogP contribution in [0.4, 0.5) is 0 Å². The minimum absolute atomic E-state index is 1.07. The monoisotopic (exact) mass is 394 g/mol. The molecule has 1 aliphatic carbocycles. The lowest BCUT2D eigenvalue weighted by Crippen LogP contribution is -2.68. The Labute approximate surface area is 176 Å². The zero-order valence-electron chi connectivity index (χ0n) is 17.8. The predicted molar refractivity (Wildman–Crippen MR) is 129 cm³/mol. The second-order valence-electron chi connectivity index (χ2n) is 8.22. The zero-order valence-corrected chi connectivity index (χ0v) is 18.8. The van der Waals surface area contributed by atoms with Crippen molar-refractivity contribution in [2.24, 2.45) is 0 Å². The summed E-state index contributed by atoms with van der Waals surface area (Å²) in [4.78, 5) is 0. The van der Waals surface area contributed by atoms with Gasteiger partial charge >= 0.3 is 0 Å². The number of benzene rings is 3.